The SMILES string of the molecule is CC(=O)CC(=O)[C]12[CH]3[CH]4[CH]5[CH]1[Fe]45321678[CH]2[CH]1[CH]6[C]7(C(=O)CC(C)=O)[CH]28. The van der Waals surface area contributed by atoms with Crippen molar-refractivity contribution in [1.82, 2.24) is 0 Å². The Morgan fingerprint density at radius 2 is 1.00 bits per heavy atom. The molecule has 0 aliphatic carbocycles. The van der Waals surface area contributed by atoms with E-state index < -0.39 is 6.51 Å². The van der Waals surface area contributed by atoms with Gasteiger partial charge in [0.1, 0.15) is 0 Å². The molecule has 0 N–H and O–H groups in total. The molecule has 10 aliphatic heterocycles. The van der Waals surface area contributed by atoms with Crippen LogP contribution in [-0.2, 0) is 25.7 Å². The molecule has 10 fully saturated rings. The van der Waals surface area contributed by atoms with Crippen molar-refractivity contribution in [2.24, 2.45) is 0 Å². The zero-order valence-corrected chi connectivity index (χ0v) is 14.1. The Labute approximate surface area is 123 Å². The van der Waals surface area contributed by atoms with E-state index >= 15 is 0 Å². The molecule has 23 heavy (non-hydrogen) atoms. The minimum absolute atomic E-state index is 0.00456. The summed E-state index contributed by atoms with van der Waals surface area (Å²) in [7, 11) is 0. The van der Waals surface area contributed by atoms with Crippen LogP contribution >= 0.6 is 0 Å². The molecule has 0 saturated carbocycles. The molecule has 122 valence electrons. The fourth-order valence-electron chi connectivity index (χ4n) is 18.8. The summed E-state index contributed by atoms with van der Waals surface area (Å²) in [6.45, 7) is -1.05. The Morgan fingerprint density at radius 1 is 0.696 bits per heavy atom. The van der Waals surface area contributed by atoms with Crippen LogP contribution in [0.15, 0.2) is 0 Å². The number of carbonyl (C=O) groups is 4. The van der Waals surface area contributed by atoms with E-state index in [9.17, 15) is 19.2 Å². The summed E-state index contributed by atoms with van der Waals surface area (Å²) >= 11 is 0. The van der Waals surface area contributed by atoms with Gasteiger partial charge in [0.2, 0.25) is 0 Å². The van der Waals surface area contributed by atoms with Gasteiger partial charge in [0.25, 0.3) is 0 Å². The van der Waals surface area contributed by atoms with Crippen molar-refractivity contribution in [2.45, 2.75) is 73.8 Å². The number of hydrogen-bond donors (Lipinski definition) is 0. The molecule has 8 atom stereocenters. The van der Waals surface area contributed by atoms with E-state index in [1.54, 1.807) is 0 Å². The third-order valence-electron chi connectivity index (χ3n) is 16.5. The number of hydrogen-bond acceptors (Lipinski definition) is 4. The van der Waals surface area contributed by atoms with Crippen molar-refractivity contribution in [2.75, 3.05) is 0 Å². The van der Waals surface area contributed by atoms with E-state index in [4.69, 9.17) is 0 Å². The van der Waals surface area contributed by atoms with Crippen molar-refractivity contribution >= 4 is 23.1 Å². The van der Waals surface area contributed by atoms with Gasteiger partial charge in [-0.15, -0.1) is 0 Å². The molecule has 0 aromatic rings. The van der Waals surface area contributed by atoms with Crippen LogP contribution in [0.25, 0.3) is 0 Å². The number of ketones is 4. The monoisotopic (exact) mass is 354 g/mol. The average molecular weight is 354 g/mol. The molecule has 0 radical (unpaired) electrons. The molecule has 8 unspecified atom stereocenters. The second-order valence-corrected chi connectivity index (χ2v) is 35.6. The third-order valence-corrected chi connectivity index (χ3v) is 59.3. The molecule has 10 heterocycles. The van der Waals surface area contributed by atoms with Crippen LogP contribution in [0, 0.1) is 0 Å². The van der Waals surface area contributed by atoms with Gasteiger partial charge in [-0.2, -0.15) is 0 Å². The summed E-state index contributed by atoms with van der Waals surface area (Å²) in [6.07, 6.45) is 0.238. The predicted octanol–water partition coefficient (Wildman–Crippen LogP) is 3.21. The van der Waals surface area contributed by atoms with Gasteiger partial charge in [0, 0.05) is 0 Å². The summed E-state index contributed by atoms with van der Waals surface area (Å²) in [5.74, 6) is 0.531. The zero-order valence-electron chi connectivity index (χ0n) is 13.0. The van der Waals surface area contributed by atoms with Crippen molar-refractivity contribution < 1.29 is 25.7 Å². The number of rotatable bonds is 6. The standard InChI is InChI=1S/2C9H9O2.Fe/c2*1-7(10)6-9(11)8-4-2-3-5-8;/h2*2-5H,6H2,1H3;. The Bertz CT molecular complexity index is 1210. The van der Waals surface area contributed by atoms with Crippen molar-refractivity contribution in [3.05, 3.63) is 0 Å². The van der Waals surface area contributed by atoms with Crippen LogP contribution in [-0.4, -0.2) is 23.1 Å². The summed E-state index contributed by atoms with van der Waals surface area (Å²) < 4.78 is -0.154. The van der Waals surface area contributed by atoms with E-state index in [0.29, 0.717) is 19.3 Å². The van der Waals surface area contributed by atoms with Crippen LogP contribution in [0.1, 0.15) is 26.7 Å². The van der Waals surface area contributed by atoms with Crippen LogP contribution in [0.4, 0.5) is 0 Å². The fourth-order valence-corrected chi connectivity index (χ4v) is 94.8. The van der Waals surface area contributed by atoms with E-state index in [2.05, 4.69) is 0 Å². The Hall–Kier alpha value is -0.801. The number of Topliss-reactive ketones (excluding diaryl/α,β-unsaturated/α-hetero) is 4. The van der Waals surface area contributed by atoms with Crippen LogP contribution in [0.5, 0.6) is 0 Å². The zero-order chi connectivity index (χ0) is 15.7. The second-order valence-electron chi connectivity index (χ2n) is 12.4. The molecule has 10 rings (SSSR count). The van der Waals surface area contributed by atoms with Crippen molar-refractivity contribution in [1.29, 1.82) is 0 Å². The van der Waals surface area contributed by atoms with Crippen LogP contribution < -0.4 is 0 Å². The van der Waals surface area contributed by atoms with Crippen molar-refractivity contribution in [3.8, 4) is 0 Å². The molecule has 10 saturated heterocycles. The average Bonchev–Trinajstić information content (AvgIpc) is 3.39. The van der Waals surface area contributed by atoms with E-state index in [1.807, 2.05) is 0 Å². The Balaban J connectivity index is 1.35. The first-order valence-electron chi connectivity index (χ1n) is 8.87. The Kier molecular flexibility index (Phi) is 0.434. The number of fused-ring (bicyclic) bond motifs is 10. The minimum atomic E-state index is -4.11. The van der Waals surface area contributed by atoms with Gasteiger partial charge in [0.05, 0.1) is 0 Å². The van der Waals surface area contributed by atoms with Crippen molar-refractivity contribution in [3.63, 3.8) is 0 Å². The van der Waals surface area contributed by atoms with Gasteiger partial charge in [-0.3, -0.25) is 0 Å². The first-order valence-corrected chi connectivity index (χ1v) is 15.1. The van der Waals surface area contributed by atoms with E-state index in [-0.39, 0.29) is 44.6 Å². The van der Waals surface area contributed by atoms with Gasteiger partial charge in [-0.1, -0.05) is 0 Å². The van der Waals surface area contributed by atoms with Gasteiger partial charge < -0.3 is 0 Å². The summed E-state index contributed by atoms with van der Waals surface area (Å²) in [6, 6.07) is 0. The second kappa shape index (κ2) is 0.975. The molecule has 5 heteroatoms. The van der Waals surface area contributed by atoms with Gasteiger partial charge >= 0.3 is 123 Å². The van der Waals surface area contributed by atoms with E-state index in [1.165, 1.54) is 13.8 Å². The number of carbonyl (C=O) groups excluding carboxylic acids is 4. The third kappa shape index (κ3) is 0.130. The van der Waals surface area contributed by atoms with Crippen LogP contribution in [0.2, 0.25) is 47.2 Å². The maximum atomic E-state index is 13.2. The molecule has 1 spiro atoms. The van der Waals surface area contributed by atoms with Gasteiger partial charge in [-0.05, 0) is 0 Å². The Morgan fingerprint density at radius 3 is 1.22 bits per heavy atom. The fraction of sp³-hybridized carbons (Fsp3) is 0.778. The molecular formula is C18H18FeO4. The topological polar surface area (TPSA) is 68.3 Å². The summed E-state index contributed by atoms with van der Waals surface area (Å²) in [5.41, 5.74) is 0. The quantitative estimate of drug-likeness (QED) is 0.543. The molecule has 0 bridgehead atoms. The molecule has 10 aliphatic rings. The van der Waals surface area contributed by atoms with Crippen LogP contribution in [0.3, 0.4) is 0 Å². The summed E-state index contributed by atoms with van der Waals surface area (Å²) in [4.78, 5) is 55.6. The predicted molar refractivity (Wildman–Crippen MR) is 76.0 cm³/mol. The summed E-state index contributed by atoms with van der Waals surface area (Å²) in [5, 5.41) is 0. The molecule has 4 nitrogen and oxygen atoms in total. The molecule has 0 aromatic carbocycles. The normalized spacial score (nSPS) is 93.8. The molecule has 0 aromatic heterocycles. The molecule has 0 amide bonds. The van der Waals surface area contributed by atoms with Gasteiger partial charge in [0.15, 0.2) is 0 Å². The van der Waals surface area contributed by atoms with E-state index in [0.717, 1.165) is 19.3 Å². The first-order chi connectivity index (χ1) is 10.6. The maximum absolute atomic E-state index is 13.2. The first kappa shape index (κ1) is 10.2. The van der Waals surface area contributed by atoms with Gasteiger partial charge in [-0.25, -0.2) is 0 Å². The molecular weight excluding hydrogens is 336 g/mol.